The Morgan fingerprint density at radius 2 is 0.560 bits per heavy atom. The second-order valence-electron chi connectivity index (χ2n) is 24.1. The Hall–Kier alpha value is -5.58. The van der Waals surface area contributed by atoms with Gasteiger partial charge in [0.2, 0.25) is 0 Å². The smallest absolute Gasteiger partial charge is 0.462 e. The fourth-order valence-electron chi connectivity index (χ4n) is 9.08. The molecule has 19 heteroatoms. The molecule has 3 N–H and O–H groups in total. The molecule has 0 saturated carbocycles. The highest BCUT2D eigenvalue weighted by molar-refractivity contribution is 7.47. The molecule has 0 fully saturated rings. The van der Waals surface area contributed by atoms with Crippen LogP contribution < -0.4 is 0 Å². The Morgan fingerprint density at radius 1 is 0.300 bits per heavy atom. The number of allylic oxidation sites excluding steroid dienone is 27. The number of hydrogen-bond donors (Lipinski definition) is 3. The molecular formula is C81H130O17P2. The normalized spacial score (nSPS) is 14.9. The molecule has 0 heterocycles. The van der Waals surface area contributed by atoms with Crippen LogP contribution in [0.5, 0.6) is 0 Å². The Balaban J connectivity index is 5.44. The standard InChI is InChI=1S/C81H130O17P2/c1-5-9-13-17-21-25-29-32-35-36-37-38-41-43-47-50-54-58-62-66-79(84)91-71-76(97-80(85)67-63-59-55-51-45-28-24-20-16-12-8-4)73-95-99(87,88)93-69-75(82)70-94-100(89,90)96-74-77(98-81(86)68-64-60-56-52-48-44-40-34-31-27-23-19-15-11-7-3)72-92-78(83)65-61-57-53-49-46-42-39-33-30-26-22-18-14-10-6-2/h9-11,13-15,20-27,32-35,37-40,46,48-49,52,57,61,75-77,82H,5-8,12,16-19,28-31,36,41-45,47,50-51,53-56,58-60,62-74H2,1-4H3,(H,87,88)(H,89,90)/b13-9-,14-10-,15-11-,24-20-,25-21-,26-22-,27-23-,35-32-,38-37-,39-33-,40-34-,49-46-,52-48-,61-57-. The lowest BCUT2D eigenvalue weighted by Gasteiger charge is -2.21. The van der Waals surface area contributed by atoms with E-state index in [0.29, 0.717) is 32.1 Å². The largest absolute Gasteiger partial charge is 0.472 e. The van der Waals surface area contributed by atoms with Gasteiger partial charge in [-0.3, -0.25) is 37.3 Å². The van der Waals surface area contributed by atoms with Crippen molar-refractivity contribution in [3.63, 3.8) is 0 Å². The molecule has 0 aromatic heterocycles. The minimum Gasteiger partial charge on any atom is -0.462 e. The monoisotopic (exact) mass is 1440 g/mol. The predicted octanol–water partition coefficient (Wildman–Crippen LogP) is 21.4. The maximum Gasteiger partial charge on any atom is 0.472 e. The van der Waals surface area contributed by atoms with Crippen LogP contribution in [0.25, 0.3) is 0 Å². The summed E-state index contributed by atoms with van der Waals surface area (Å²) in [5.74, 6) is -2.42. The lowest BCUT2D eigenvalue weighted by atomic mass is 10.1. The van der Waals surface area contributed by atoms with E-state index in [4.69, 9.17) is 37.0 Å². The van der Waals surface area contributed by atoms with E-state index in [9.17, 15) is 43.2 Å². The summed E-state index contributed by atoms with van der Waals surface area (Å²) in [6.45, 7) is 4.26. The van der Waals surface area contributed by atoms with Crippen LogP contribution in [-0.2, 0) is 65.4 Å². The van der Waals surface area contributed by atoms with Gasteiger partial charge in [0.15, 0.2) is 12.2 Å². The van der Waals surface area contributed by atoms with Crippen LogP contribution in [0.2, 0.25) is 0 Å². The van der Waals surface area contributed by atoms with Gasteiger partial charge in [0, 0.05) is 19.3 Å². The second-order valence-corrected chi connectivity index (χ2v) is 27.0. The first-order valence-corrected chi connectivity index (χ1v) is 40.4. The number of phosphoric ester groups is 2. The van der Waals surface area contributed by atoms with Crippen LogP contribution in [0.15, 0.2) is 170 Å². The first-order chi connectivity index (χ1) is 48.7. The van der Waals surface area contributed by atoms with Gasteiger partial charge < -0.3 is 33.8 Å². The van der Waals surface area contributed by atoms with Gasteiger partial charge in [0.1, 0.15) is 19.3 Å². The van der Waals surface area contributed by atoms with Crippen molar-refractivity contribution >= 4 is 39.5 Å². The van der Waals surface area contributed by atoms with E-state index in [1.54, 1.807) is 6.08 Å². The third-order valence-electron chi connectivity index (χ3n) is 14.7. The van der Waals surface area contributed by atoms with Crippen LogP contribution >= 0.6 is 15.6 Å². The number of aliphatic hydroxyl groups is 1. The van der Waals surface area contributed by atoms with Crippen molar-refractivity contribution in [3.05, 3.63) is 170 Å². The van der Waals surface area contributed by atoms with Crippen molar-refractivity contribution < 1.29 is 80.2 Å². The van der Waals surface area contributed by atoms with E-state index in [0.717, 1.165) is 161 Å². The number of hydrogen-bond acceptors (Lipinski definition) is 15. The number of phosphoric acid groups is 2. The van der Waals surface area contributed by atoms with Gasteiger partial charge in [0.25, 0.3) is 0 Å². The maximum absolute atomic E-state index is 13.1. The van der Waals surface area contributed by atoms with Crippen LogP contribution in [0.3, 0.4) is 0 Å². The number of aliphatic hydroxyl groups excluding tert-OH is 1. The Morgan fingerprint density at radius 3 is 0.920 bits per heavy atom. The second kappa shape index (κ2) is 71.8. The average molecular weight is 1440 g/mol. The summed E-state index contributed by atoms with van der Waals surface area (Å²) in [6, 6.07) is 0. The summed E-state index contributed by atoms with van der Waals surface area (Å²) in [4.78, 5) is 72.7. The van der Waals surface area contributed by atoms with Crippen molar-refractivity contribution in [2.24, 2.45) is 0 Å². The minimum absolute atomic E-state index is 0.0169. The third kappa shape index (κ3) is 70.8. The molecule has 0 bridgehead atoms. The van der Waals surface area contributed by atoms with Crippen molar-refractivity contribution in [2.75, 3.05) is 39.6 Å². The molecule has 5 unspecified atom stereocenters. The summed E-state index contributed by atoms with van der Waals surface area (Å²) in [5, 5.41) is 10.6. The molecule has 5 atom stereocenters. The highest BCUT2D eigenvalue weighted by Crippen LogP contribution is 2.45. The minimum atomic E-state index is -5.01. The van der Waals surface area contributed by atoms with E-state index in [-0.39, 0.29) is 25.7 Å². The molecule has 0 radical (unpaired) electrons. The molecule has 0 spiro atoms. The molecule has 0 aliphatic rings. The lowest BCUT2D eigenvalue weighted by molar-refractivity contribution is -0.161. The number of carbonyl (C=O) groups is 4. The van der Waals surface area contributed by atoms with Crippen molar-refractivity contribution in [1.29, 1.82) is 0 Å². The highest BCUT2D eigenvalue weighted by Gasteiger charge is 2.30. The zero-order valence-corrected chi connectivity index (χ0v) is 63.3. The van der Waals surface area contributed by atoms with Crippen LogP contribution in [0, 0.1) is 0 Å². The lowest BCUT2D eigenvalue weighted by Crippen LogP contribution is -2.30. The first kappa shape index (κ1) is 94.4. The van der Waals surface area contributed by atoms with Crippen molar-refractivity contribution in [1.82, 2.24) is 0 Å². The molecule has 566 valence electrons. The maximum atomic E-state index is 13.1. The molecule has 0 aromatic rings. The molecule has 100 heavy (non-hydrogen) atoms. The SMILES string of the molecule is CC/C=C\C/C=C\C/C=C\C/C=C\C/C=C\CC(=O)OCC(COP(=O)(O)OCC(O)COP(=O)(O)OCC(COC(=O)CCCCCCCC/C=C\C/C=C\C/C=C\C/C=C\CC)OC(=O)CCCCCCC/C=C\CCCC)OC(=O)CCCC/C=C\C/C=C\C/C=C\C/C=C\CC. The van der Waals surface area contributed by atoms with Gasteiger partial charge in [-0.15, -0.1) is 0 Å². The molecular weight excluding hydrogens is 1310 g/mol. The highest BCUT2D eigenvalue weighted by atomic mass is 31.2. The Bertz CT molecular complexity index is 2570. The summed E-state index contributed by atoms with van der Waals surface area (Å²) in [5.41, 5.74) is 0. The molecule has 0 aromatic carbocycles. The first-order valence-electron chi connectivity index (χ1n) is 37.4. The number of carbonyl (C=O) groups excluding carboxylic acids is 4. The molecule has 17 nitrogen and oxygen atoms in total. The van der Waals surface area contributed by atoms with Gasteiger partial charge in [0.05, 0.1) is 32.8 Å². The third-order valence-corrected chi connectivity index (χ3v) is 16.6. The molecule has 0 amide bonds. The van der Waals surface area contributed by atoms with Crippen LogP contribution in [0.1, 0.15) is 259 Å². The fraction of sp³-hybridized carbons (Fsp3) is 0.605. The topological polar surface area (TPSA) is 237 Å². The van der Waals surface area contributed by atoms with Crippen LogP contribution in [-0.4, -0.2) is 96.7 Å². The predicted molar refractivity (Wildman–Crippen MR) is 408 cm³/mol. The number of esters is 4. The van der Waals surface area contributed by atoms with Gasteiger partial charge in [-0.05, 0) is 148 Å². The van der Waals surface area contributed by atoms with Gasteiger partial charge in [-0.2, -0.15) is 0 Å². The number of ether oxygens (including phenoxy) is 4. The van der Waals surface area contributed by atoms with E-state index in [1.807, 2.05) is 24.3 Å². The zero-order valence-electron chi connectivity index (χ0n) is 61.5. The summed E-state index contributed by atoms with van der Waals surface area (Å²) < 4.78 is 68.2. The van der Waals surface area contributed by atoms with E-state index >= 15 is 0 Å². The zero-order chi connectivity index (χ0) is 73.2. The molecule has 0 saturated heterocycles. The van der Waals surface area contributed by atoms with Crippen molar-refractivity contribution in [2.45, 2.75) is 277 Å². The fourth-order valence-corrected chi connectivity index (χ4v) is 10.7. The van der Waals surface area contributed by atoms with Crippen molar-refractivity contribution in [3.8, 4) is 0 Å². The van der Waals surface area contributed by atoms with E-state index in [1.165, 1.54) is 12.8 Å². The summed E-state index contributed by atoms with van der Waals surface area (Å²) >= 11 is 0. The summed E-state index contributed by atoms with van der Waals surface area (Å²) in [6.07, 6.45) is 83.9. The van der Waals surface area contributed by atoms with Gasteiger partial charge in [-0.1, -0.05) is 256 Å². The van der Waals surface area contributed by atoms with Gasteiger partial charge in [-0.25, -0.2) is 9.13 Å². The van der Waals surface area contributed by atoms with Crippen LogP contribution in [0.4, 0.5) is 0 Å². The molecule has 0 rings (SSSR count). The Kier molecular flexibility index (Phi) is 67.8. The molecule has 0 aliphatic heterocycles. The van der Waals surface area contributed by atoms with E-state index < -0.39 is 97.5 Å². The number of unbranched alkanes of at least 4 members (excludes halogenated alkanes) is 15. The molecule has 0 aliphatic carbocycles. The Labute approximate surface area is 603 Å². The summed E-state index contributed by atoms with van der Waals surface area (Å²) in [7, 11) is -10.0. The quantitative estimate of drug-likeness (QED) is 0.0169. The van der Waals surface area contributed by atoms with E-state index in [2.05, 4.69) is 167 Å². The van der Waals surface area contributed by atoms with Gasteiger partial charge >= 0.3 is 39.5 Å². The average Bonchev–Trinajstić information content (AvgIpc) is 0.966. The number of rotatable bonds is 68.